The second-order valence-corrected chi connectivity index (χ2v) is 2.59. The summed E-state index contributed by atoms with van der Waals surface area (Å²) < 4.78 is 0. The molecule has 0 saturated carbocycles. The van der Waals surface area contributed by atoms with Crippen LogP contribution in [0.1, 0.15) is 20.8 Å². The van der Waals surface area contributed by atoms with Gasteiger partial charge in [0.05, 0.1) is 0 Å². The highest BCUT2D eigenvalue weighted by Crippen LogP contribution is 2.02. The van der Waals surface area contributed by atoms with Gasteiger partial charge in [-0.05, 0) is 18.9 Å². The summed E-state index contributed by atoms with van der Waals surface area (Å²) in [4.78, 5) is 10.8. The van der Waals surface area contributed by atoms with Gasteiger partial charge in [-0.15, -0.1) is 0 Å². The molecule has 0 fully saturated rings. The first kappa shape index (κ1) is 9.37. The van der Waals surface area contributed by atoms with Crippen LogP contribution in [0, 0.1) is 5.92 Å². The van der Waals surface area contributed by atoms with Gasteiger partial charge < -0.3 is 5.11 Å². The number of allylic oxidation sites excluding steroid dienone is 1. The Morgan fingerprint density at radius 3 is 2.30 bits per heavy atom. The molecule has 0 unspecified atom stereocenters. The molecule has 0 heterocycles. The fourth-order valence-corrected chi connectivity index (χ4v) is 0.591. The minimum Gasteiger partial charge on any atom is -0.385 e. The van der Waals surface area contributed by atoms with E-state index in [1.165, 1.54) is 6.08 Å². The highest BCUT2D eigenvalue weighted by atomic mass is 16.3. The minimum absolute atomic E-state index is 0.00343. The van der Waals surface area contributed by atoms with Crippen LogP contribution in [-0.2, 0) is 4.79 Å². The lowest BCUT2D eigenvalue weighted by molar-refractivity contribution is -0.124. The lowest BCUT2D eigenvalue weighted by Crippen LogP contribution is -2.23. The van der Waals surface area contributed by atoms with Crippen LogP contribution < -0.4 is 0 Å². The van der Waals surface area contributed by atoms with Crippen LogP contribution >= 0.6 is 0 Å². The lowest BCUT2D eigenvalue weighted by atomic mass is 10.0. The number of hydrogen-bond acceptors (Lipinski definition) is 2. The van der Waals surface area contributed by atoms with Gasteiger partial charge in [-0.3, -0.25) is 4.79 Å². The largest absolute Gasteiger partial charge is 0.385 e. The molecule has 2 nitrogen and oxygen atoms in total. The molecule has 0 rings (SSSR count). The summed E-state index contributed by atoms with van der Waals surface area (Å²) in [6.07, 6.45) is 2.19. The fourth-order valence-electron chi connectivity index (χ4n) is 0.591. The van der Waals surface area contributed by atoms with Gasteiger partial charge in [0.2, 0.25) is 0 Å². The first-order chi connectivity index (χ1) is 4.59. The van der Waals surface area contributed by atoms with E-state index in [1.807, 2.05) is 13.8 Å². The predicted octanol–water partition coefficient (Wildman–Crippen LogP) is 1.15. The van der Waals surface area contributed by atoms with Crippen LogP contribution in [0.4, 0.5) is 0 Å². The molecule has 2 heteroatoms. The standard InChI is InChI=1S/C8H14O2/c1-4-5-7(9)8(10)6(2)3/h4-6,8,10H,1-3H3/t8-/m0/s1. The van der Waals surface area contributed by atoms with Crippen LogP contribution in [0.3, 0.4) is 0 Å². The van der Waals surface area contributed by atoms with Crippen LogP contribution in [0.5, 0.6) is 0 Å². The van der Waals surface area contributed by atoms with Gasteiger partial charge in [-0.1, -0.05) is 19.9 Å². The van der Waals surface area contributed by atoms with Crippen molar-refractivity contribution in [3.05, 3.63) is 12.2 Å². The molecule has 0 radical (unpaired) electrons. The quantitative estimate of drug-likeness (QED) is 0.600. The molecule has 0 aliphatic heterocycles. The van der Waals surface area contributed by atoms with Gasteiger partial charge in [-0.2, -0.15) is 0 Å². The van der Waals surface area contributed by atoms with Crippen molar-refractivity contribution in [3.8, 4) is 0 Å². The van der Waals surface area contributed by atoms with Crippen LogP contribution in [0.2, 0.25) is 0 Å². The Morgan fingerprint density at radius 2 is 2.00 bits per heavy atom. The molecule has 58 valence electrons. The van der Waals surface area contributed by atoms with Crippen molar-refractivity contribution in [1.29, 1.82) is 0 Å². The summed E-state index contributed by atoms with van der Waals surface area (Å²) in [6, 6.07) is 0. The van der Waals surface area contributed by atoms with Gasteiger partial charge in [0.15, 0.2) is 5.78 Å². The Bertz CT molecular complexity index is 136. The van der Waals surface area contributed by atoms with E-state index < -0.39 is 6.10 Å². The zero-order chi connectivity index (χ0) is 8.15. The van der Waals surface area contributed by atoms with Gasteiger partial charge in [-0.25, -0.2) is 0 Å². The Labute approximate surface area is 61.6 Å². The number of carbonyl (C=O) groups excluding carboxylic acids is 1. The Balaban J connectivity index is 3.95. The number of aliphatic hydroxyl groups excluding tert-OH is 1. The van der Waals surface area contributed by atoms with E-state index in [0.717, 1.165) is 0 Å². The molecular weight excluding hydrogens is 128 g/mol. The van der Waals surface area contributed by atoms with Gasteiger partial charge >= 0.3 is 0 Å². The molecule has 0 bridgehead atoms. The van der Waals surface area contributed by atoms with Gasteiger partial charge in [0, 0.05) is 0 Å². The highest BCUT2D eigenvalue weighted by Gasteiger charge is 2.14. The number of aliphatic hydroxyl groups is 1. The molecular formula is C8H14O2. The summed E-state index contributed by atoms with van der Waals surface area (Å²) in [7, 11) is 0. The zero-order valence-corrected chi connectivity index (χ0v) is 6.66. The maximum Gasteiger partial charge on any atom is 0.184 e. The summed E-state index contributed by atoms with van der Waals surface area (Å²) in [5.41, 5.74) is 0. The third-order valence-corrected chi connectivity index (χ3v) is 1.25. The third kappa shape index (κ3) is 2.78. The smallest absolute Gasteiger partial charge is 0.184 e. The minimum atomic E-state index is -0.837. The summed E-state index contributed by atoms with van der Waals surface area (Å²) in [5, 5.41) is 9.13. The maximum absolute atomic E-state index is 10.8. The number of rotatable bonds is 3. The van der Waals surface area contributed by atoms with Crippen molar-refractivity contribution >= 4 is 5.78 Å². The highest BCUT2D eigenvalue weighted by molar-refractivity contribution is 5.93. The van der Waals surface area contributed by atoms with Crippen molar-refractivity contribution in [1.82, 2.24) is 0 Å². The third-order valence-electron chi connectivity index (χ3n) is 1.25. The maximum atomic E-state index is 10.8. The van der Waals surface area contributed by atoms with Crippen molar-refractivity contribution in [2.45, 2.75) is 26.9 Å². The molecule has 0 aliphatic rings. The molecule has 0 saturated heterocycles. The van der Waals surface area contributed by atoms with E-state index in [-0.39, 0.29) is 11.7 Å². The van der Waals surface area contributed by atoms with Crippen molar-refractivity contribution in [3.63, 3.8) is 0 Å². The predicted molar refractivity (Wildman–Crippen MR) is 40.7 cm³/mol. The van der Waals surface area contributed by atoms with Crippen molar-refractivity contribution < 1.29 is 9.90 Å². The van der Waals surface area contributed by atoms with Crippen LogP contribution in [-0.4, -0.2) is 17.0 Å². The van der Waals surface area contributed by atoms with Gasteiger partial charge in [0.1, 0.15) is 6.10 Å². The number of ketones is 1. The molecule has 0 amide bonds. The SMILES string of the molecule is CC=CC(=O)[C@@H](O)C(C)C. The zero-order valence-electron chi connectivity index (χ0n) is 6.66. The Hall–Kier alpha value is -0.630. The normalized spacial score (nSPS) is 14.5. The first-order valence-corrected chi connectivity index (χ1v) is 3.44. The first-order valence-electron chi connectivity index (χ1n) is 3.44. The average Bonchev–Trinajstić information content (AvgIpc) is 1.87. The van der Waals surface area contributed by atoms with Crippen molar-refractivity contribution in [2.24, 2.45) is 5.92 Å². The number of carbonyl (C=O) groups is 1. The summed E-state index contributed by atoms with van der Waals surface area (Å²) in [6.45, 7) is 5.38. The lowest BCUT2D eigenvalue weighted by Gasteiger charge is -2.09. The molecule has 0 aliphatic carbocycles. The summed E-state index contributed by atoms with van der Waals surface area (Å²) in [5.74, 6) is -0.207. The Kier molecular flexibility index (Phi) is 3.96. The molecule has 0 aromatic heterocycles. The van der Waals surface area contributed by atoms with E-state index >= 15 is 0 Å². The molecule has 0 spiro atoms. The summed E-state index contributed by atoms with van der Waals surface area (Å²) >= 11 is 0. The van der Waals surface area contributed by atoms with E-state index in [2.05, 4.69) is 0 Å². The van der Waals surface area contributed by atoms with Crippen LogP contribution in [0.25, 0.3) is 0 Å². The molecule has 10 heavy (non-hydrogen) atoms. The number of hydrogen-bond donors (Lipinski definition) is 1. The average molecular weight is 142 g/mol. The van der Waals surface area contributed by atoms with Crippen LogP contribution in [0.15, 0.2) is 12.2 Å². The Morgan fingerprint density at radius 1 is 1.50 bits per heavy atom. The second-order valence-electron chi connectivity index (χ2n) is 2.59. The molecule has 1 N–H and O–H groups in total. The van der Waals surface area contributed by atoms with E-state index in [9.17, 15) is 4.79 Å². The van der Waals surface area contributed by atoms with E-state index in [4.69, 9.17) is 5.11 Å². The molecule has 1 atom stereocenters. The van der Waals surface area contributed by atoms with Gasteiger partial charge in [0.25, 0.3) is 0 Å². The van der Waals surface area contributed by atoms with E-state index in [1.54, 1.807) is 13.0 Å². The molecule has 0 aromatic rings. The molecule has 0 aromatic carbocycles. The monoisotopic (exact) mass is 142 g/mol. The van der Waals surface area contributed by atoms with E-state index in [0.29, 0.717) is 0 Å². The van der Waals surface area contributed by atoms with Crippen molar-refractivity contribution in [2.75, 3.05) is 0 Å². The second kappa shape index (κ2) is 4.23. The topological polar surface area (TPSA) is 37.3 Å². The fraction of sp³-hybridized carbons (Fsp3) is 0.625.